The maximum absolute atomic E-state index is 11.9. The van der Waals surface area contributed by atoms with E-state index >= 15 is 0 Å². The number of para-hydroxylation sites is 1. The van der Waals surface area contributed by atoms with Gasteiger partial charge in [-0.3, -0.25) is 9.89 Å². The smallest absolute Gasteiger partial charge is 0.256 e. The second kappa shape index (κ2) is 7.71. The van der Waals surface area contributed by atoms with Gasteiger partial charge in [-0.25, -0.2) is 4.99 Å². The molecule has 132 valence electrons. The number of nitrogens with one attached hydrogen (secondary N) is 2. The molecular weight excluding hydrogens is 354 g/mol. The lowest BCUT2D eigenvalue weighted by atomic mass is 10.2. The minimum Gasteiger partial charge on any atom is -0.496 e. The second-order valence-electron chi connectivity index (χ2n) is 5.30. The molecule has 0 bridgehead atoms. The number of nitrogens with two attached hydrogens (primary N) is 1. The molecule has 26 heavy (non-hydrogen) atoms. The Kier molecular flexibility index (Phi) is 5.19. The van der Waals surface area contributed by atoms with Crippen molar-refractivity contribution in [2.75, 3.05) is 12.4 Å². The summed E-state index contributed by atoms with van der Waals surface area (Å²) in [5.41, 5.74) is 7.08. The van der Waals surface area contributed by atoms with Gasteiger partial charge in [0, 0.05) is 22.5 Å². The minimum atomic E-state index is -0.657. The zero-order valence-electron chi connectivity index (χ0n) is 13.9. The predicted molar refractivity (Wildman–Crippen MR) is 102 cm³/mol. The fourth-order valence-corrected chi connectivity index (χ4v) is 2.55. The van der Waals surface area contributed by atoms with Crippen LogP contribution >= 0.6 is 11.6 Å². The molecule has 4 N–H and O–H groups in total. The van der Waals surface area contributed by atoms with E-state index < -0.39 is 5.91 Å². The molecule has 0 saturated heterocycles. The number of aromatic amines is 1. The van der Waals surface area contributed by atoms with Crippen molar-refractivity contribution in [3.05, 3.63) is 64.7 Å². The van der Waals surface area contributed by atoms with Crippen LogP contribution in [0.5, 0.6) is 5.75 Å². The third kappa shape index (κ3) is 3.84. The monoisotopic (exact) mass is 369 g/mol. The molecule has 1 amide bonds. The number of nitrogens with zero attached hydrogens (tertiary/aromatic N) is 2. The van der Waals surface area contributed by atoms with Gasteiger partial charge >= 0.3 is 0 Å². The van der Waals surface area contributed by atoms with E-state index in [1.54, 1.807) is 37.6 Å². The number of ether oxygens (including phenoxy) is 1. The molecule has 0 aliphatic heterocycles. The molecule has 1 aromatic heterocycles. The van der Waals surface area contributed by atoms with Gasteiger partial charge in [0.2, 0.25) is 0 Å². The summed E-state index contributed by atoms with van der Waals surface area (Å²) in [5.74, 6) is 0.518. The Labute approximate surface area is 154 Å². The molecule has 3 rings (SSSR count). The summed E-state index contributed by atoms with van der Waals surface area (Å²) in [5, 5.41) is 10.4. The number of methoxy groups -OCH3 is 1. The largest absolute Gasteiger partial charge is 0.496 e. The zero-order valence-corrected chi connectivity index (χ0v) is 14.6. The fraction of sp³-hybridized carbons (Fsp3) is 0.0556. The average molecular weight is 370 g/mol. The molecule has 0 aliphatic carbocycles. The van der Waals surface area contributed by atoms with Crippen molar-refractivity contribution in [1.82, 2.24) is 10.2 Å². The van der Waals surface area contributed by atoms with Crippen LogP contribution in [-0.4, -0.2) is 29.4 Å². The first-order chi connectivity index (χ1) is 12.6. The van der Waals surface area contributed by atoms with Gasteiger partial charge in [-0.2, -0.15) is 5.10 Å². The van der Waals surface area contributed by atoms with E-state index in [1.807, 2.05) is 24.3 Å². The third-order valence-electron chi connectivity index (χ3n) is 3.55. The number of primary amides is 1. The summed E-state index contributed by atoms with van der Waals surface area (Å²) in [7, 11) is 1.57. The van der Waals surface area contributed by atoms with E-state index in [1.165, 1.54) is 0 Å². The van der Waals surface area contributed by atoms with Gasteiger partial charge in [0.25, 0.3) is 5.91 Å². The van der Waals surface area contributed by atoms with Gasteiger partial charge in [0.1, 0.15) is 11.3 Å². The number of benzene rings is 2. The molecule has 2 aromatic carbocycles. The van der Waals surface area contributed by atoms with Crippen LogP contribution in [0.15, 0.2) is 53.5 Å². The Morgan fingerprint density at radius 3 is 2.85 bits per heavy atom. The number of carbonyl (C=O) groups excluding carboxylic acids is 1. The van der Waals surface area contributed by atoms with Crippen molar-refractivity contribution >= 4 is 41.0 Å². The summed E-state index contributed by atoms with van der Waals surface area (Å²) in [6.07, 6.45) is 1.57. The maximum Gasteiger partial charge on any atom is 0.256 e. The number of rotatable bonds is 6. The van der Waals surface area contributed by atoms with Crippen molar-refractivity contribution in [3.8, 4) is 5.75 Å². The Bertz CT molecular complexity index is 968. The first kappa shape index (κ1) is 17.5. The third-order valence-corrected chi connectivity index (χ3v) is 3.79. The molecule has 0 spiro atoms. The number of carbonyl (C=O) groups is 1. The predicted octanol–water partition coefficient (Wildman–Crippen LogP) is 3.66. The standard InChI is InChI=1S/C18H16ClN5O2/c1-26-14-8-3-2-5-11(14)10-21-17-15(16(20)25)18(24-23-17)22-13-7-4-6-12(19)9-13/h2-10H,1H3,(H2,20,25)(H2,22,23,24)/b21-10+. The Morgan fingerprint density at radius 2 is 2.12 bits per heavy atom. The first-order valence-corrected chi connectivity index (χ1v) is 8.04. The topological polar surface area (TPSA) is 105 Å². The zero-order chi connectivity index (χ0) is 18.5. The molecular formula is C18H16ClN5O2. The van der Waals surface area contributed by atoms with Gasteiger partial charge in [-0.1, -0.05) is 29.8 Å². The van der Waals surface area contributed by atoms with Crippen molar-refractivity contribution in [3.63, 3.8) is 0 Å². The molecule has 0 unspecified atom stereocenters. The van der Waals surface area contributed by atoms with E-state index in [9.17, 15) is 4.79 Å². The van der Waals surface area contributed by atoms with Crippen molar-refractivity contribution in [2.45, 2.75) is 0 Å². The average Bonchev–Trinajstić information content (AvgIpc) is 3.03. The van der Waals surface area contributed by atoms with E-state index in [0.717, 1.165) is 5.56 Å². The SMILES string of the molecule is COc1ccccc1/C=N/c1[nH]nc(Nc2cccc(Cl)c2)c1C(N)=O. The van der Waals surface area contributed by atoms with E-state index in [-0.39, 0.29) is 17.2 Å². The van der Waals surface area contributed by atoms with Crippen LogP contribution in [0.3, 0.4) is 0 Å². The number of aliphatic imine (C=N–C) groups is 1. The number of amides is 1. The lowest BCUT2D eigenvalue weighted by Gasteiger charge is -2.05. The van der Waals surface area contributed by atoms with Crippen LogP contribution in [0, 0.1) is 0 Å². The molecule has 1 heterocycles. The van der Waals surface area contributed by atoms with Crippen LogP contribution in [-0.2, 0) is 0 Å². The quantitative estimate of drug-likeness (QED) is 0.576. The molecule has 8 heteroatoms. The highest BCUT2D eigenvalue weighted by Gasteiger charge is 2.18. The van der Waals surface area contributed by atoms with Crippen molar-refractivity contribution in [1.29, 1.82) is 0 Å². The summed E-state index contributed by atoms with van der Waals surface area (Å²) in [4.78, 5) is 16.2. The minimum absolute atomic E-state index is 0.149. The highest BCUT2D eigenvalue weighted by molar-refractivity contribution is 6.30. The van der Waals surface area contributed by atoms with Crippen LogP contribution in [0.1, 0.15) is 15.9 Å². The summed E-state index contributed by atoms with van der Waals surface area (Å²) in [6, 6.07) is 14.4. The molecule has 0 fully saturated rings. The highest BCUT2D eigenvalue weighted by Crippen LogP contribution is 2.27. The second-order valence-corrected chi connectivity index (χ2v) is 5.73. The number of halogens is 1. The Hall–Kier alpha value is -3.32. The summed E-state index contributed by atoms with van der Waals surface area (Å²) in [6.45, 7) is 0. The van der Waals surface area contributed by atoms with Gasteiger partial charge in [0.05, 0.1) is 7.11 Å². The molecule has 3 aromatic rings. The number of H-pyrrole nitrogens is 1. The van der Waals surface area contributed by atoms with Crippen LogP contribution in [0.25, 0.3) is 0 Å². The number of hydrogen-bond acceptors (Lipinski definition) is 5. The van der Waals surface area contributed by atoms with Gasteiger partial charge in [-0.05, 0) is 30.3 Å². The first-order valence-electron chi connectivity index (χ1n) is 7.66. The van der Waals surface area contributed by atoms with E-state index in [2.05, 4.69) is 20.5 Å². The number of hydrogen-bond donors (Lipinski definition) is 3. The number of aromatic nitrogens is 2. The molecule has 0 atom stereocenters. The van der Waals surface area contributed by atoms with E-state index in [0.29, 0.717) is 16.5 Å². The fourth-order valence-electron chi connectivity index (χ4n) is 2.36. The molecule has 7 nitrogen and oxygen atoms in total. The molecule has 0 saturated carbocycles. The summed E-state index contributed by atoms with van der Waals surface area (Å²) >= 11 is 5.97. The van der Waals surface area contributed by atoms with Crippen molar-refractivity contribution in [2.24, 2.45) is 10.7 Å². The highest BCUT2D eigenvalue weighted by atomic mass is 35.5. The Morgan fingerprint density at radius 1 is 1.31 bits per heavy atom. The van der Waals surface area contributed by atoms with E-state index in [4.69, 9.17) is 22.1 Å². The molecule has 0 radical (unpaired) electrons. The number of anilines is 2. The lowest BCUT2D eigenvalue weighted by Crippen LogP contribution is -2.12. The van der Waals surface area contributed by atoms with Gasteiger partial charge in [-0.15, -0.1) is 0 Å². The molecule has 0 aliphatic rings. The van der Waals surface area contributed by atoms with Gasteiger partial charge < -0.3 is 15.8 Å². The Balaban J connectivity index is 1.92. The van der Waals surface area contributed by atoms with Crippen molar-refractivity contribution < 1.29 is 9.53 Å². The maximum atomic E-state index is 11.9. The lowest BCUT2D eigenvalue weighted by molar-refractivity contribution is 0.100. The van der Waals surface area contributed by atoms with Crippen LogP contribution in [0.2, 0.25) is 5.02 Å². The van der Waals surface area contributed by atoms with Crippen LogP contribution in [0.4, 0.5) is 17.3 Å². The van der Waals surface area contributed by atoms with Crippen LogP contribution < -0.4 is 15.8 Å². The van der Waals surface area contributed by atoms with Gasteiger partial charge in [0.15, 0.2) is 11.6 Å². The summed E-state index contributed by atoms with van der Waals surface area (Å²) < 4.78 is 5.27. The normalized spacial score (nSPS) is 10.8.